The summed E-state index contributed by atoms with van der Waals surface area (Å²) < 4.78 is 35.4. The largest absolute Gasteiger partial charge is 0.434 e. The van der Waals surface area contributed by atoms with Crippen molar-refractivity contribution in [2.24, 2.45) is 5.92 Å². The van der Waals surface area contributed by atoms with E-state index in [1.807, 2.05) is 12.1 Å². The van der Waals surface area contributed by atoms with Gasteiger partial charge in [-0.25, -0.2) is 0 Å². The molecule has 1 aromatic carbocycles. The molecule has 5 heteroatoms. The molecule has 0 bridgehead atoms. The first-order chi connectivity index (χ1) is 10.2. The lowest BCUT2D eigenvalue weighted by atomic mass is 9.88. The summed E-state index contributed by atoms with van der Waals surface area (Å²) in [6, 6.07) is 7.03. The minimum atomic E-state index is -2.81. The van der Waals surface area contributed by atoms with Gasteiger partial charge >= 0.3 is 6.61 Å². The first kappa shape index (κ1) is 16.2. The van der Waals surface area contributed by atoms with Gasteiger partial charge < -0.3 is 14.8 Å². The Balaban J connectivity index is 2.22. The summed E-state index contributed by atoms with van der Waals surface area (Å²) in [5.74, 6) is 0.541. The molecule has 2 rings (SSSR count). The molecule has 0 amide bonds. The molecule has 1 aliphatic rings. The van der Waals surface area contributed by atoms with Crippen LogP contribution in [0.2, 0.25) is 0 Å². The molecule has 1 heterocycles. The van der Waals surface area contributed by atoms with E-state index >= 15 is 0 Å². The van der Waals surface area contributed by atoms with Crippen molar-refractivity contribution in [2.45, 2.75) is 38.8 Å². The summed E-state index contributed by atoms with van der Waals surface area (Å²) in [6.07, 6.45) is 3.03. The maximum Gasteiger partial charge on any atom is 0.387 e. The number of hydrogen-bond acceptors (Lipinski definition) is 3. The lowest BCUT2D eigenvalue weighted by Crippen LogP contribution is -2.34. The molecule has 0 spiro atoms. The van der Waals surface area contributed by atoms with Crippen molar-refractivity contribution >= 4 is 0 Å². The average molecular weight is 299 g/mol. The van der Waals surface area contributed by atoms with Crippen LogP contribution in [0, 0.1) is 5.92 Å². The molecule has 1 saturated heterocycles. The monoisotopic (exact) mass is 299 g/mol. The normalized spacial score (nSPS) is 20.5. The highest BCUT2D eigenvalue weighted by Gasteiger charge is 2.27. The summed E-state index contributed by atoms with van der Waals surface area (Å²) in [5.41, 5.74) is 0.793. The van der Waals surface area contributed by atoms with Crippen LogP contribution in [0.1, 0.15) is 37.8 Å². The third-order valence-corrected chi connectivity index (χ3v) is 3.75. The van der Waals surface area contributed by atoms with Crippen molar-refractivity contribution < 1.29 is 18.3 Å². The van der Waals surface area contributed by atoms with Gasteiger partial charge in [-0.15, -0.1) is 0 Å². The first-order valence-corrected chi connectivity index (χ1v) is 7.57. The van der Waals surface area contributed by atoms with E-state index in [1.54, 1.807) is 12.1 Å². The second-order valence-electron chi connectivity index (χ2n) is 5.33. The molecule has 21 heavy (non-hydrogen) atoms. The maximum absolute atomic E-state index is 12.6. The topological polar surface area (TPSA) is 30.5 Å². The van der Waals surface area contributed by atoms with E-state index in [9.17, 15) is 8.78 Å². The number of benzene rings is 1. The fraction of sp³-hybridized carbons (Fsp3) is 0.625. The van der Waals surface area contributed by atoms with Crippen LogP contribution in [-0.4, -0.2) is 26.4 Å². The third kappa shape index (κ3) is 4.64. The predicted molar refractivity (Wildman–Crippen MR) is 77.7 cm³/mol. The Morgan fingerprint density at radius 1 is 1.38 bits per heavy atom. The van der Waals surface area contributed by atoms with Crippen LogP contribution < -0.4 is 10.1 Å². The molecule has 1 fully saturated rings. The highest BCUT2D eigenvalue weighted by atomic mass is 19.3. The fourth-order valence-electron chi connectivity index (χ4n) is 2.80. The summed E-state index contributed by atoms with van der Waals surface area (Å²) in [7, 11) is 0. The molecule has 0 aliphatic carbocycles. The summed E-state index contributed by atoms with van der Waals surface area (Å²) in [5, 5.41) is 3.46. The molecule has 118 valence electrons. The number of hydrogen-bond donors (Lipinski definition) is 1. The van der Waals surface area contributed by atoms with Crippen molar-refractivity contribution in [3.8, 4) is 5.75 Å². The van der Waals surface area contributed by atoms with E-state index in [1.165, 1.54) is 0 Å². The lowest BCUT2D eigenvalue weighted by molar-refractivity contribution is -0.0512. The van der Waals surface area contributed by atoms with Crippen LogP contribution >= 0.6 is 0 Å². The molecule has 2 unspecified atom stereocenters. The lowest BCUT2D eigenvalue weighted by Gasteiger charge is -2.32. The van der Waals surface area contributed by atoms with Crippen LogP contribution in [0.3, 0.4) is 0 Å². The second kappa shape index (κ2) is 8.29. The van der Waals surface area contributed by atoms with E-state index in [-0.39, 0.29) is 17.7 Å². The van der Waals surface area contributed by atoms with E-state index in [4.69, 9.17) is 4.74 Å². The van der Waals surface area contributed by atoms with E-state index in [2.05, 4.69) is 17.0 Å². The van der Waals surface area contributed by atoms with Gasteiger partial charge in [0.2, 0.25) is 0 Å². The smallest absolute Gasteiger partial charge is 0.387 e. The quantitative estimate of drug-likeness (QED) is 0.831. The summed E-state index contributed by atoms with van der Waals surface area (Å²) in [6.45, 7) is 1.56. The van der Waals surface area contributed by atoms with E-state index in [0.717, 1.165) is 38.0 Å². The third-order valence-electron chi connectivity index (χ3n) is 3.75. The van der Waals surface area contributed by atoms with Crippen molar-refractivity contribution in [2.75, 3.05) is 19.8 Å². The average Bonchev–Trinajstić information content (AvgIpc) is 2.50. The van der Waals surface area contributed by atoms with Crippen LogP contribution in [0.25, 0.3) is 0 Å². The molecular formula is C16H23F2NO2. The first-order valence-electron chi connectivity index (χ1n) is 7.57. The standard InChI is InChI=1S/C16H23F2NO2/c1-2-9-19-15(12-6-5-10-20-11-12)13-7-3-4-8-14(13)21-16(17)18/h3-4,7-8,12,15-16,19H,2,5-6,9-11H2,1H3. The fourth-order valence-corrected chi connectivity index (χ4v) is 2.80. The minimum absolute atomic E-state index is 0.0137. The van der Waals surface area contributed by atoms with Gasteiger partial charge in [-0.3, -0.25) is 0 Å². The van der Waals surface area contributed by atoms with Crippen LogP contribution in [0.5, 0.6) is 5.75 Å². The van der Waals surface area contributed by atoms with Gasteiger partial charge in [0, 0.05) is 24.1 Å². The summed E-state index contributed by atoms with van der Waals surface area (Å²) >= 11 is 0. The molecule has 3 nitrogen and oxygen atoms in total. The number of halogens is 2. The second-order valence-corrected chi connectivity index (χ2v) is 5.33. The van der Waals surface area contributed by atoms with Crippen molar-refractivity contribution in [3.63, 3.8) is 0 Å². The number of para-hydroxylation sites is 1. The van der Waals surface area contributed by atoms with Gasteiger partial charge in [-0.1, -0.05) is 25.1 Å². The van der Waals surface area contributed by atoms with Gasteiger partial charge in [0.05, 0.1) is 6.61 Å². The molecule has 1 N–H and O–H groups in total. The summed E-state index contributed by atoms with van der Waals surface area (Å²) in [4.78, 5) is 0. The zero-order chi connectivity index (χ0) is 15.1. The molecule has 1 aromatic rings. The zero-order valence-corrected chi connectivity index (χ0v) is 12.4. The molecule has 1 aliphatic heterocycles. The van der Waals surface area contributed by atoms with Gasteiger partial charge in [0.1, 0.15) is 5.75 Å². The van der Waals surface area contributed by atoms with Crippen LogP contribution in [0.4, 0.5) is 8.78 Å². The molecular weight excluding hydrogens is 276 g/mol. The number of nitrogens with one attached hydrogen (secondary N) is 1. The molecule has 0 aromatic heterocycles. The van der Waals surface area contributed by atoms with Gasteiger partial charge in [0.15, 0.2) is 0 Å². The maximum atomic E-state index is 12.6. The highest BCUT2D eigenvalue weighted by Crippen LogP contribution is 2.34. The van der Waals surface area contributed by atoms with Crippen molar-refractivity contribution in [1.29, 1.82) is 0 Å². The zero-order valence-electron chi connectivity index (χ0n) is 12.4. The van der Waals surface area contributed by atoms with Crippen molar-refractivity contribution in [1.82, 2.24) is 5.32 Å². The van der Waals surface area contributed by atoms with Gasteiger partial charge in [-0.2, -0.15) is 8.78 Å². The highest BCUT2D eigenvalue weighted by molar-refractivity contribution is 5.36. The Morgan fingerprint density at radius 2 is 2.19 bits per heavy atom. The Hall–Kier alpha value is -1.20. The number of alkyl halides is 2. The minimum Gasteiger partial charge on any atom is -0.434 e. The number of ether oxygens (including phenoxy) is 2. The number of rotatable bonds is 7. The van der Waals surface area contributed by atoms with Crippen molar-refractivity contribution in [3.05, 3.63) is 29.8 Å². The Kier molecular flexibility index (Phi) is 6.39. The Morgan fingerprint density at radius 3 is 2.86 bits per heavy atom. The Labute approximate surface area is 124 Å². The van der Waals surface area contributed by atoms with E-state index < -0.39 is 6.61 Å². The molecule has 0 saturated carbocycles. The Bertz CT molecular complexity index is 422. The van der Waals surface area contributed by atoms with Crippen LogP contribution in [-0.2, 0) is 4.74 Å². The SMILES string of the molecule is CCCNC(c1ccccc1OC(F)F)C1CCCOC1. The van der Waals surface area contributed by atoms with Gasteiger partial charge in [-0.05, 0) is 31.9 Å². The molecule has 0 radical (unpaired) electrons. The van der Waals surface area contributed by atoms with Crippen LogP contribution in [0.15, 0.2) is 24.3 Å². The van der Waals surface area contributed by atoms with E-state index in [0.29, 0.717) is 6.61 Å². The molecule has 2 atom stereocenters. The van der Waals surface area contributed by atoms with Gasteiger partial charge in [0.25, 0.3) is 0 Å². The predicted octanol–water partition coefficient (Wildman–Crippen LogP) is 3.76.